The van der Waals surface area contributed by atoms with Crippen LogP contribution in [0, 0.1) is 0 Å². The first-order valence-electron chi connectivity index (χ1n) is 4.84. The van der Waals surface area contributed by atoms with Crippen LogP contribution in [0.2, 0.25) is 10.0 Å². The van der Waals surface area contributed by atoms with Crippen molar-refractivity contribution in [3.8, 4) is 0 Å². The van der Waals surface area contributed by atoms with Gasteiger partial charge in [-0.05, 0) is 36.4 Å². The number of anilines is 2. The van der Waals surface area contributed by atoms with E-state index in [1.165, 1.54) is 11.8 Å². The lowest BCUT2D eigenvalue weighted by atomic mass is 10.3. The molecule has 0 saturated heterocycles. The molecule has 0 aromatic heterocycles. The van der Waals surface area contributed by atoms with E-state index in [9.17, 15) is 0 Å². The van der Waals surface area contributed by atoms with Crippen molar-refractivity contribution in [1.29, 1.82) is 0 Å². The number of nitrogen functional groups attached to an aromatic ring is 2. The minimum absolute atomic E-state index is 0.615. The Balaban J connectivity index is 2.31. The maximum atomic E-state index is 6.10. The molecule has 4 N–H and O–H groups in total. The largest absolute Gasteiger partial charge is 0.399 e. The van der Waals surface area contributed by atoms with Crippen LogP contribution in [0.3, 0.4) is 0 Å². The number of hydrogen-bond donors (Lipinski definition) is 2. The predicted molar refractivity (Wildman–Crippen MR) is 75.9 cm³/mol. The molecule has 17 heavy (non-hydrogen) atoms. The van der Waals surface area contributed by atoms with Gasteiger partial charge in [-0.2, -0.15) is 0 Å². The molecule has 88 valence electrons. The van der Waals surface area contributed by atoms with Crippen molar-refractivity contribution in [3.05, 3.63) is 46.4 Å². The molecule has 2 aromatic rings. The molecule has 0 aliphatic heterocycles. The molecule has 0 atom stereocenters. The second-order valence-corrected chi connectivity index (χ2v) is 5.40. The maximum absolute atomic E-state index is 6.10. The lowest BCUT2D eigenvalue weighted by molar-refractivity contribution is 1.41. The molecule has 2 rings (SSSR count). The van der Waals surface area contributed by atoms with E-state index in [4.69, 9.17) is 34.7 Å². The molecule has 0 amide bonds. The number of hydrogen-bond acceptors (Lipinski definition) is 3. The van der Waals surface area contributed by atoms with Crippen LogP contribution in [0.4, 0.5) is 11.4 Å². The molecule has 0 radical (unpaired) electrons. The van der Waals surface area contributed by atoms with E-state index in [1.807, 2.05) is 12.1 Å². The van der Waals surface area contributed by atoms with Gasteiger partial charge in [-0.15, -0.1) is 0 Å². The Labute approximate surface area is 114 Å². The summed E-state index contributed by atoms with van der Waals surface area (Å²) in [5, 5.41) is 1.24. The first-order valence-corrected chi connectivity index (χ1v) is 6.41. The maximum Gasteiger partial charge on any atom is 0.0565 e. The molecule has 5 heteroatoms. The Morgan fingerprint density at radius 2 is 1.59 bits per heavy atom. The molecule has 0 aliphatic carbocycles. The third-order valence-corrected chi connectivity index (χ3v) is 3.98. The molecule has 2 nitrogen and oxygen atoms in total. The van der Waals surface area contributed by atoms with Crippen molar-refractivity contribution in [3.63, 3.8) is 0 Å². The van der Waals surface area contributed by atoms with E-state index in [2.05, 4.69) is 0 Å². The SMILES string of the molecule is Nc1ccc(Sc2ccc(Cl)cc2N)c(Cl)c1. The topological polar surface area (TPSA) is 52.0 Å². The zero-order chi connectivity index (χ0) is 12.4. The zero-order valence-electron chi connectivity index (χ0n) is 8.78. The van der Waals surface area contributed by atoms with E-state index in [0.717, 1.165) is 9.79 Å². The van der Waals surface area contributed by atoms with Crippen LogP contribution < -0.4 is 11.5 Å². The highest BCUT2D eigenvalue weighted by atomic mass is 35.5. The first kappa shape index (κ1) is 12.4. The number of rotatable bonds is 2. The van der Waals surface area contributed by atoms with E-state index in [1.54, 1.807) is 24.3 Å². The van der Waals surface area contributed by atoms with Crippen LogP contribution in [0.5, 0.6) is 0 Å². The summed E-state index contributed by atoms with van der Waals surface area (Å²) in [6.07, 6.45) is 0. The Morgan fingerprint density at radius 1 is 0.882 bits per heavy atom. The Kier molecular flexibility index (Phi) is 3.72. The zero-order valence-corrected chi connectivity index (χ0v) is 11.1. The van der Waals surface area contributed by atoms with Gasteiger partial charge in [0.05, 0.1) is 5.02 Å². The minimum Gasteiger partial charge on any atom is -0.399 e. The van der Waals surface area contributed by atoms with Gasteiger partial charge >= 0.3 is 0 Å². The summed E-state index contributed by atoms with van der Waals surface area (Å²) in [7, 11) is 0. The summed E-state index contributed by atoms with van der Waals surface area (Å²) in [6, 6.07) is 10.8. The average molecular weight is 285 g/mol. The van der Waals surface area contributed by atoms with E-state index < -0.39 is 0 Å². The standard InChI is InChI=1S/C12H10Cl2N2S/c13-7-1-3-12(10(16)5-7)17-11-4-2-8(15)6-9(11)14/h1-6H,15-16H2. The van der Waals surface area contributed by atoms with Crippen LogP contribution in [0.1, 0.15) is 0 Å². The lowest BCUT2D eigenvalue weighted by Crippen LogP contribution is -1.89. The average Bonchev–Trinajstić information content (AvgIpc) is 2.25. The highest BCUT2D eigenvalue weighted by Gasteiger charge is 2.06. The van der Waals surface area contributed by atoms with Crippen molar-refractivity contribution < 1.29 is 0 Å². The highest BCUT2D eigenvalue weighted by Crippen LogP contribution is 2.37. The smallest absolute Gasteiger partial charge is 0.0565 e. The van der Waals surface area contributed by atoms with Gasteiger partial charge in [-0.1, -0.05) is 35.0 Å². The van der Waals surface area contributed by atoms with E-state index >= 15 is 0 Å². The predicted octanol–water partition coefficient (Wildman–Crippen LogP) is 4.31. The third kappa shape index (κ3) is 3.00. The third-order valence-electron chi connectivity index (χ3n) is 2.15. The highest BCUT2D eigenvalue weighted by molar-refractivity contribution is 7.99. The summed E-state index contributed by atoms with van der Waals surface area (Å²) in [6.45, 7) is 0. The fraction of sp³-hybridized carbons (Fsp3) is 0. The molecule has 0 fully saturated rings. The summed E-state index contributed by atoms with van der Waals surface area (Å²) in [4.78, 5) is 1.83. The van der Waals surface area contributed by atoms with E-state index in [-0.39, 0.29) is 0 Å². The van der Waals surface area contributed by atoms with Crippen LogP contribution in [0.25, 0.3) is 0 Å². The Bertz CT molecular complexity index is 509. The molecule has 0 bridgehead atoms. The van der Waals surface area contributed by atoms with Crippen LogP contribution in [-0.4, -0.2) is 0 Å². The lowest BCUT2D eigenvalue weighted by Gasteiger charge is -2.07. The number of nitrogens with two attached hydrogens (primary N) is 2. The summed E-state index contributed by atoms with van der Waals surface area (Å²) in [5.74, 6) is 0. The molecule has 0 aliphatic rings. The van der Waals surface area contributed by atoms with Gasteiger partial charge in [0.15, 0.2) is 0 Å². The van der Waals surface area contributed by atoms with E-state index in [0.29, 0.717) is 21.4 Å². The summed E-state index contributed by atoms with van der Waals surface area (Å²) < 4.78 is 0. The molecular formula is C12H10Cl2N2S. The molecule has 0 saturated carbocycles. The fourth-order valence-corrected chi connectivity index (χ4v) is 2.66. The van der Waals surface area contributed by atoms with Gasteiger partial charge in [0.1, 0.15) is 0 Å². The second-order valence-electron chi connectivity index (χ2n) is 3.47. The molecular weight excluding hydrogens is 275 g/mol. The van der Waals surface area contributed by atoms with Gasteiger partial charge in [0, 0.05) is 26.2 Å². The van der Waals surface area contributed by atoms with Gasteiger partial charge in [-0.25, -0.2) is 0 Å². The van der Waals surface area contributed by atoms with Crippen LogP contribution >= 0.6 is 35.0 Å². The Hall–Kier alpha value is -1.03. The van der Waals surface area contributed by atoms with Crippen molar-refractivity contribution in [2.45, 2.75) is 9.79 Å². The Morgan fingerprint density at radius 3 is 2.24 bits per heavy atom. The summed E-state index contributed by atoms with van der Waals surface area (Å²) >= 11 is 13.4. The number of benzene rings is 2. The normalized spacial score (nSPS) is 10.5. The van der Waals surface area contributed by atoms with Crippen molar-refractivity contribution in [2.75, 3.05) is 11.5 Å². The summed E-state index contributed by atoms with van der Waals surface area (Å²) in [5.41, 5.74) is 12.8. The van der Waals surface area contributed by atoms with Gasteiger partial charge in [0.2, 0.25) is 0 Å². The van der Waals surface area contributed by atoms with Gasteiger partial charge in [0.25, 0.3) is 0 Å². The van der Waals surface area contributed by atoms with Crippen LogP contribution in [-0.2, 0) is 0 Å². The van der Waals surface area contributed by atoms with Gasteiger partial charge < -0.3 is 11.5 Å². The molecule has 2 aromatic carbocycles. The quantitative estimate of drug-likeness (QED) is 0.808. The monoisotopic (exact) mass is 284 g/mol. The first-order chi connectivity index (χ1) is 8.06. The minimum atomic E-state index is 0.615. The fourth-order valence-electron chi connectivity index (χ4n) is 1.33. The van der Waals surface area contributed by atoms with Crippen LogP contribution in [0.15, 0.2) is 46.2 Å². The molecule has 0 heterocycles. The number of halogens is 2. The van der Waals surface area contributed by atoms with Crippen molar-refractivity contribution in [1.82, 2.24) is 0 Å². The molecule has 0 unspecified atom stereocenters. The second kappa shape index (κ2) is 5.08. The molecule has 0 spiro atoms. The van der Waals surface area contributed by atoms with Gasteiger partial charge in [-0.3, -0.25) is 0 Å². The van der Waals surface area contributed by atoms with Crippen molar-refractivity contribution >= 4 is 46.3 Å². The van der Waals surface area contributed by atoms with Crippen molar-refractivity contribution in [2.24, 2.45) is 0 Å².